The van der Waals surface area contributed by atoms with Crippen molar-refractivity contribution in [1.82, 2.24) is 15.6 Å². The minimum Gasteiger partial charge on any atom is -0.481 e. The van der Waals surface area contributed by atoms with Gasteiger partial charge in [-0.15, -0.1) is 0 Å². The SMILES string of the molecule is COC(=O)[C@H](Cc1c[nH]c2ccccc12)NC(=O)[C@@H](CCC(=O)O)NC=O. The van der Waals surface area contributed by atoms with E-state index in [4.69, 9.17) is 9.84 Å². The molecule has 9 nitrogen and oxygen atoms in total. The Morgan fingerprint density at radius 1 is 1.26 bits per heavy atom. The van der Waals surface area contributed by atoms with Crippen LogP contribution in [0.2, 0.25) is 0 Å². The molecule has 0 unspecified atom stereocenters. The molecule has 0 saturated heterocycles. The lowest BCUT2D eigenvalue weighted by atomic mass is 10.0. The Hall–Kier alpha value is -3.36. The fourth-order valence-corrected chi connectivity index (χ4v) is 2.77. The molecule has 1 heterocycles. The molecule has 2 amide bonds. The van der Waals surface area contributed by atoms with Gasteiger partial charge in [-0.1, -0.05) is 18.2 Å². The molecule has 2 rings (SSSR count). The van der Waals surface area contributed by atoms with Crippen LogP contribution in [0.25, 0.3) is 10.9 Å². The molecule has 0 saturated carbocycles. The molecule has 144 valence electrons. The standard InChI is InChI=1S/C18H21N3O6/c1-27-18(26)15(8-11-9-19-13-5-3-2-4-12(11)13)21-17(25)14(20-10-22)6-7-16(23)24/h2-5,9-10,14-15,19H,6-8H2,1H3,(H,20,22)(H,21,25)(H,23,24)/t14-,15+/m1/s1. The summed E-state index contributed by atoms with van der Waals surface area (Å²) >= 11 is 0. The number of carboxylic acids is 1. The highest BCUT2D eigenvalue weighted by molar-refractivity contribution is 5.90. The van der Waals surface area contributed by atoms with Crippen LogP contribution in [0.3, 0.4) is 0 Å². The highest BCUT2D eigenvalue weighted by Crippen LogP contribution is 2.19. The van der Waals surface area contributed by atoms with Crippen molar-refractivity contribution in [2.24, 2.45) is 0 Å². The molecule has 0 bridgehead atoms. The number of carbonyl (C=O) groups is 4. The molecule has 4 N–H and O–H groups in total. The van der Waals surface area contributed by atoms with Gasteiger partial charge in [0, 0.05) is 29.9 Å². The van der Waals surface area contributed by atoms with Crippen LogP contribution in [0.5, 0.6) is 0 Å². The average Bonchev–Trinajstić information content (AvgIpc) is 3.06. The largest absolute Gasteiger partial charge is 0.481 e. The number of amides is 2. The van der Waals surface area contributed by atoms with Crippen molar-refractivity contribution < 1.29 is 29.0 Å². The third kappa shape index (κ3) is 5.30. The molecule has 0 aliphatic heterocycles. The van der Waals surface area contributed by atoms with E-state index < -0.39 is 29.9 Å². The number of aromatic nitrogens is 1. The van der Waals surface area contributed by atoms with E-state index in [0.717, 1.165) is 16.5 Å². The number of fused-ring (bicyclic) bond motifs is 1. The molecular weight excluding hydrogens is 354 g/mol. The first kappa shape index (κ1) is 20.0. The van der Waals surface area contributed by atoms with Crippen molar-refractivity contribution in [2.75, 3.05) is 7.11 Å². The quantitative estimate of drug-likeness (QED) is 0.349. The number of ether oxygens (including phenoxy) is 1. The van der Waals surface area contributed by atoms with Crippen LogP contribution >= 0.6 is 0 Å². The van der Waals surface area contributed by atoms with Gasteiger partial charge >= 0.3 is 11.9 Å². The van der Waals surface area contributed by atoms with Gasteiger partial charge in [0.15, 0.2) is 0 Å². The number of esters is 1. The van der Waals surface area contributed by atoms with Crippen LogP contribution < -0.4 is 10.6 Å². The van der Waals surface area contributed by atoms with E-state index >= 15 is 0 Å². The van der Waals surface area contributed by atoms with Crippen molar-refractivity contribution in [3.63, 3.8) is 0 Å². The van der Waals surface area contributed by atoms with Gasteiger partial charge < -0.3 is 25.5 Å². The Morgan fingerprint density at radius 2 is 2.00 bits per heavy atom. The average molecular weight is 375 g/mol. The number of hydrogen-bond acceptors (Lipinski definition) is 5. The molecule has 2 atom stereocenters. The van der Waals surface area contributed by atoms with Gasteiger partial charge in [-0.3, -0.25) is 14.4 Å². The van der Waals surface area contributed by atoms with Gasteiger partial charge in [-0.25, -0.2) is 4.79 Å². The second-order valence-electron chi connectivity index (χ2n) is 5.92. The van der Waals surface area contributed by atoms with Gasteiger partial charge in [-0.05, 0) is 18.1 Å². The number of nitrogens with one attached hydrogen (secondary N) is 3. The molecule has 1 aromatic heterocycles. The van der Waals surface area contributed by atoms with Crippen molar-refractivity contribution in [3.05, 3.63) is 36.0 Å². The fourth-order valence-electron chi connectivity index (χ4n) is 2.77. The lowest BCUT2D eigenvalue weighted by Crippen LogP contribution is -2.51. The Kier molecular flexibility index (Phi) is 6.93. The zero-order valence-corrected chi connectivity index (χ0v) is 14.7. The monoisotopic (exact) mass is 375 g/mol. The number of hydrogen-bond donors (Lipinski definition) is 4. The summed E-state index contributed by atoms with van der Waals surface area (Å²) in [6.45, 7) is 0. The second-order valence-corrected chi connectivity index (χ2v) is 5.92. The molecule has 0 fully saturated rings. The summed E-state index contributed by atoms with van der Waals surface area (Å²) in [4.78, 5) is 49.1. The van der Waals surface area contributed by atoms with Gasteiger partial charge in [0.25, 0.3) is 0 Å². The molecule has 2 aromatic rings. The molecule has 1 aromatic carbocycles. The highest BCUT2D eigenvalue weighted by Gasteiger charge is 2.27. The van der Waals surface area contributed by atoms with E-state index in [1.54, 1.807) is 6.20 Å². The van der Waals surface area contributed by atoms with Crippen LogP contribution in [0, 0.1) is 0 Å². The Bertz CT molecular complexity index is 831. The number of para-hydroxylation sites is 1. The van der Waals surface area contributed by atoms with Crippen LogP contribution in [-0.2, 0) is 30.3 Å². The molecule has 0 radical (unpaired) electrons. The normalized spacial score (nSPS) is 12.8. The van der Waals surface area contributed by atoms with E-state index in [-0.39, 0.29) is 19.3 Å². The molecule has 9 heteroatoms. The lowest BCUT2D eigenvalue weighted by Gasteiger charge is -2.20. The lowest BCUT2D eigenvalue weighted by molar-refractivity contribution is -0.145. The number of carbonyl (C=O) groups excluding carboxylic acids is 3. The molecule has 27 heavy (non-hydrogen) atoms. The maximum Gasteiger partial charge on any atom is 0.328 e. The Balaban J connectivity index is 2.15. The third-order valence-corrected chi connectivity index (χ3v) is 4.13. The number of rotatable bonds is 10. The maximum absolute atomic E-state index is 12.4. The Labute approximate surface area is 155 Å². The van der Waals surface area contributed by atoms with Gasteiger partial charge in [-0.2, -0.15) is 0 Å². The van der Waals surface area contributed by atoms with Crippen LogP contribution in [0.1, 0.15) is 18.4 Å². The number of methoxy groups -OCH3 is 1. The molecular formula is C18H21N3O6. The summed E-state index contributed by atoms with van der Waals surface area (Å²) < 4.78 is 4.76. The smallest absolute Gasteiger partial charge is 0.328 e. The number of carboxylic acid groups (broad SMARTS) is 1. The van der Waals surface area contributed by atoms with Crippen molar-refractivity contribution in [3.8, 4) is 0 Å². The molecule has 0 aliphatic carbocycles. The number of aromatic amines is 1. The van der Waals surface area contributed by atoms with Gasteiger partial charge in [0.05, 0.1) is 7.11 Å². The second kappa shape index (κ2) is 9.37. The minimum absolute atomic E-state index is 0.0963. The summed E-state index contributed by atoms with van der Waals surface area (Å²) in [5, 5.41) is 14.5. The van der Waals surface area contributed by atoms with E-state index in [1.807, 2.05) is 24.3 Å². The van der Waals surface area contributed by atoms with Gasteiger partial charge in [0.1, 0.15) is 12.1 Å². The number of H-pyrrole nitrogens is 1. The summed E-state index contributed by atoms with van der Waals surface area (Å²) in [5.41, 5.74) is 1.70. The third-order valence-electron chi connectivity index (χ3n) is 4.13. The topological polar surface area (TPSA) is 138 Å². The fraction of sp³-hybridized carbons (Fsp3) is 0.333. The molecule has 0 spiro atoms. The first-order valence-corrected chi connectivity index (χ1v) is 8.31. The minimum atomic E-state index is -1.09. The predicted molar refractivity (Wildman–Crippen MR) is 95.8 cm³/mol. The van der Waals surface area contributed by atoms with Crippen molar-refractivity contribution in [2.45, 2.75) is 31.3 Å². The summed E-state index contributed by atoms with van der Waals surface area (Å²) in [7, 11) is 1.21. The first-order valence-electron chi connectivity index (χ1n) is 8.31. The van der Waals surface area contributed by atoms with E-state index in [1.165, 1.54) is 7.11 Å². The summed E-state index contributed by atoms with van der Waals surface area (Å²) in [6, 6.07) is 5.47. The van der Waals surface area contributed by atoms with Crippen LogP contribution in [0.15, 0.2) is 30.5 Å². The summed E-state index contributed by atoms with van der Waals surface area (Å²) in [6.07, 6.45) is 1.84. The van der Waals surface area contributed by atoms with Crippen molar-refractivity contribution in [1.29, 1.82) is 0 Å². The van der Waals surface area contributed by atoms with Crippen LogP contribution in [0.4, 0.5) is 0 Å². The molecule has 0 aliphatic rings. The highest BCUT2D eigenvalue weighted by atomic mass is 16.5. The van der Waals surface area contributed by atoms with Crippen molar-refractivity contribution >= 4 is 35.2 Å². The van der Waals surface area contributed by atoms with Gasteiger partial charge in [0.2, 0.25) is 12.3 Å². The van der Waals surface area contributed by atoms with E-state index in [2.05, 4.69) is 15.6 Å². The summed E-state index contributed by atoms with van der Waals surface area (Å²) in [5.74, 6) is -2.39. The maximum atomic E-state index is 12.4. The Morgan fingerprint density at radius 3 is 2.67 bits per heavy atom. The zero-order chi connectivity index (χ0) is 19.8. The zero-order valence-electron chi connectivity index (χ0n) is 14.7. The van der Waals surface area contributed by atoms with E-state index in [0.29, 0.717) is 6.41 Å². The first-order chi connectivity index (χ1) is 13.0. The number of aliphatic carboxylic acids is 1. The predicted octanol–water partition coefficient (Wildman–Crippen LogP) is 0.348. The number of benzene rings is 1. The van der Waals surface area contributed by atoms with E-state index in [9.17, 15) is 19.2 Å². The van der Waals surface area contributed by atoms with Crippen LogP contribution in [-0.4, -0.2) is 53.5 Å².